The molecule has 0 saturated carbocycles. The Labute approximate surface area is 79.9 Å². The largest absolute Gasteiger partial charge is 0.329 e. The summed E-state index contributed by atoms with van der Waals surface area (Å²) in [5.41, 5.74) is 6.14. The fourth-order valence-corrected chi connectivity index (χ4v) is 3.33. The van der Waals surface area contributed by atoms with E-state index in [1.165, 1.54) is 12.2 Å². The third kappa shape index (κ3) is 1.78. The highest BCUT2D eigenvalue weighted by molar-refractivity contribution is 8.00. The number of nitrogens with zero attached hydrogens (tertiary/aromatic N) is 1. The second kappa shape index (κ2) is 3.99. The smallest absolute Gasteiger partial charge is 0.0429 e. The zero-order chi connectivity index (χ0) is 9.19. The van der Waals surface area contributed by atoms with E-state index in [-0.39, 0.29) is 0 Å². The molecule has 72 valence electrons. The molecule has 2 unspecified atom stereocenters. The van der Waals surface area contributed by atoms with E-state index in [1.54, 1.807) is 0 Å². The van der Waals surface area contributed by atoms with Gasteiger partial charge in [0, 0.05) is 23.1 Å². The van der Waals surface area contributed by atoms with Gasteiger partial charge in [-0.05, 0) is 20.0 Å². The SMILES string of the molecule is CCN(C)C1(CN)CSC(C)C1. The van der Waals surface area contributed by atoms with Gasteiger partial charge < -0.3 is 5.73 Å². The van der Waals surface area contributed by atoms with Crippen LogP contribution < -0.4 is 5.73 Å². The lowest BCUT2D eigenvalue weighted by molar-refractivity contribution is 0.155. The lowest BCUT2D eigenvalue weighted by Gasteiger charge is -2.36. The molecule has 0 aliphatic carbocycles. The van der Waals surface area contributed by atoms with Crippen LogP contribution in [-0.2, 0) is 0 Å². The minimum Gasteiger partial charge on any atom is -0.329 e. The van der Waals surface area contributed by atoms with Crippen LogP contribution >= 0.6 is 11.8 Å². The molecular formula is C9H20N2S. The first-order valence-corrected chi connectivity index (χ1v) is 5.72. The molecular weight excluding hydrogens is 168 g/mol. The predicted octanol–water partition coefficient (Wildman–Crippen LogP) is 1.16. The maximum Gasteiger partial charge on any atom is 0.0429 e. The Morgan fingerprint density at radius 1 is 1.67 bits per heavy atom. The van der Waals surface area contributed by atoms with E-state index in [1.807, 2.05) is 0 Å². The molecule has 2 atom stereocenters. The number of hydrogen-bond acceptors (Lipinski definition) is 3. The average Bonchev–Trinajstić information content (AvgIpc) is 2.47. The Hall–Kier alpha value is 0.270. The van der Waals surface area contributed by atoms with Gasteiger partial charge in [0.05, 0.1) is 0 Å². The molecule has 0 spiro atoms. The van der Waals surface area contributed by atoms with Crippen molar-refractivity contribution in [2.45, 2.75) is 31.1 Å². The first kappa shape index (κ1) is 10.4. The lowest BCUT2D eigenvalue weighted by atomic mass is 9.94. The number of rotatable bonds is 3. The molecule has 0 aromatic heterocycles. The van der Waals surface area contributed by atoms with Crippen molar-refractivity contribution in [3.05, 3.63) is 0 Å². The summed E-state index contributed by atoms with van der Waals surface area (Å²) in [5.74, 6) is 1.20. The van der Waals surface area contributed by atoms with E-state index in [0.717, 1.165) is 18.3 Å². The second-order valence-electron chi connectivity index (χ2n) is 3.77. The topological polar surface area (TPSA) is 29.3 Å². The molecule has 1 aliphatic heterocycles. The van der Waals surface area contributed by atoms with Gasteiger partial charge in [0.25, 0.3) is 0 Å². The molecule has 2 N–H and O–H groups in total. The first-order chi connectivity index (χ1) is 5.64. The molecule has 1 saturated heterocycles. The van der Waals surface area contributed by atoms with Gasteiger partial charge in [-0.3, -0.25) is 4.90 Å². The van der Waals surface area contributed by atoms with Gasteiger partial charge in [0.1, 0.15) is 0 Å². The monoisotopic (exact) mass is 188 g/mol. The van der Waals surface area contributed by atoms with E-state index < -0.39 is 0 Å². The molecule has 3 heteroatoms. The van der Waals surface area contributed by atoms with Crippen molar-refractivity contribution in [3.8, 4) is 0 Å². The Bertz CT molecular complexity index is 151. The highest BCUT2D eigenvalue weighted by atomic mass is 32.2. The van der Waals surface area contributed by atoms with Crippen LogP contribution in [0, 0.1) is 0 Å². The van der Waals surface area contributed by atoms with Gasteiger partial charge in [-0.2, -0.15) is 11.8 Å². The van der Waals surface area contributed by atoms with E-state index in [4.69, 9.17) is 5.73 Å². The number of hydrogen-bond donors (Lipinski definition) is 1. The van der Waals surface area contributed by atoms with Crippen molar-refractivity contribution < 1.29 is 0 Å². The summed E-state index contributed by atoms with van der Waals surface area (Å²) in [4.78, 5) is 2.41. The first-order valence-electron chi connectivity index (χ1n) is 4.67. The maximum atomic E-state index is 5.85. The van der Waals surface area contributed by atoms with Crippen LogP contribution in [0.1, 0.15) is 20.3 Å². The van der Waals surface area contributed by atoms with E-state index in [2.05, 4.69) is 37.6 Å². The molecule has 0 radical (unpaired) electrons. The fourth-order valence-electron chi connectivity index (χ4n) is 1.85. The van der Waals surface area contributed by atoms with Gasteiger partial charge in [-0.15, -0.1) is 0 Å². The Balaban J connectivity index is 2.63. The van der Waals surface area contributed by atoms with Crippen LogP contribution in [0.5, 0.6) is 0 Å². The molecule has 2 nitrogen and oxygen atoms in total. The van der Waals surface area contributed by atoms with Gasteiger partial charge in [-0.25, -0.2) is 0 Å². The van der Waals surface area contributed by atoms with Crippen molar-refractivity contribution in [2.24, 2.45) is 5.73 Å². The van der Waals surface area contributed by atoms with Gasteiger partial charge in [-0.1, -0.05) is 13.8 Å². The van der Waals surface area contributed by atoms with E-state index in [0.29, 0.717) is 5.54 Å². The summed E-state index contributed by atoms with van der Waals surface area (Å²) in [5, 5.41) is 0.780. The third-order valence-corrected chi connectivity index (χ3v) is 4.41. The average molecular weight is 188 g/mol. The van der Waals surface area contributed by atoms with Crippen LogP contribution in [0.3, 0.4) is 0 Å². The van der Waals surface area contributed by atoms with Crippen LogP contribution in [0.25, 0.3) is 0 Å². The summed E-state index contributed by atoms with van der Waals surface area (Å²) < 4.78 is 0. The van der Waals surface area contributed by atoms with Gasteiger partial charge in [0.2, 0.25) is 0 Å². The highest BCUT2D eigenvalue weighted by Crippen LogP contribution is 2.37. The van der Waals surface area contributed by atoms with Crippen molar-refractivity contribution in [1.82, 2.24) is 4.90 Å². The molecule has 1 heterocycles. The summed E-state index contributed by atoms with van der Waals surface area (Å²) in [6.45, 7) is 6.40. The van der Waals surface area contributed by atoms with Crippen molar-refractivity contribution in [2.75, 3.05) is 25.9 Å². The summed E-state index contributed by atoms with van der Waals surface area (Å²) in [7, 11) is 2.19. The molecule has 1 aliphatic rings. The molecule has 0 aromatic rings. The van der Waals surface area contributed by atoms with Gasteiger partial charge in [0.15, 0.2) is 0 Å². The fraction of sp³-hybridized carbons (Fsp3) is 1.00. The number of thioether (sulfide) groups is 1. The molecule has 1 fully saturated rings. The minimum absolute atomic E-state index is 0.291. The Morgan fingerprint density at radius 2 is 2.33 bits per heavy atom. The quantitative estimate of drug-likeness (QED) is 0.721. The normalized spacial score (nSPS) is 36.2. The summed E-state index contributed by atoms with van der Waals surface area (Å²) >= 11 is 2.05. The van der Waals surface area contributed by atoms with Crippen molar-refractivity contribution >= 4 is 11.8 Å². The summed E-state index contributed by atoms with van der Waals surface area (Å²) in [6.07, 6.45) is 1.25. The minimum atomic E-state index is 0.291. The number of nitrogens with two attached hydrogens (primary N) is 1. The molecule has 12 heavy (non-hydrogen) atoms. The maximum absolute atomic E-state index is 5.85. The molecule has 0 amide bonds. The summed E-state index contributed by atoms with van der Waals surface area (Å²) in [6, 6.07) is 0. The Kier molecular flexibility index (Phi) is 3.44. The zero-order valence-electron chi connectivity index (χ0n) is 8.34. The highest BCUT2D eigenvalue weighted by Gasteiger charge is 2.39. The van der Waals surface area contributed by atoms with Crippen molar-refractivity contribution in [1.29, 1.82) is 0 Å². The predicted molar refractivity (Wildman–Crippen MR) is 56.6 cm³/mol. The van der Waals surface area contributed by atoms with Crippen LogP contribution in [-0.4, -0.2) is 41.6 Å². The third-order valence-electron chi connectivity index (χ3n) is 2.97. The lowest BCUT2D eigenvalue weighted by Crippen LogP contribution is -2.52. The Morgan fingerprint density at radius 3 is 2.67 bits per heavy atom. The number of likely N-dealkylation sites (N-methyl/N-ethyl adjacent to an activating group) is 1. The molecule has 0 bridgehead atoms. The van der Waals surface area contributed by atoms with Crippen molar-refractivity contribution in [3.63, 3.8) is 0 Å². The van der Waals surface area contributed by atoms with Crippen LogP contribution in [0.2, 0.25) is 0 Å². The second-order valence-corrected chi connectivity index (χ2v) is 5.20. The van der Waals surface area contributed by atoms with Gasteiger partial charge >= 0.3 is 0 Å². The van der Waals surface area contributed by atoms with Crippen LogP contribution in [0.15, 0.2) is 0 Å². The molecule has 1 rings (SSSR count). The zero-order valence-corrected chi connectivity index (χ0v) is 9.16. The van der Waals surface area contributed by atoms with E-state index in [9.17, 15) is 0 Å². The molecule has 0 aromatic carbocycles. The van der Waals surface area contributed by atoms with E-state index >= 15 is 0 Å². The van der Waals surface area contributed by atoms with Crippen LogP contribution in [0.4, 0.5) is 0 Å². The standard InChI is InChI=1S/C9H20N2S/c1-4-11(3)9(6-10)5-8(2)12-7-9/h8H,4-7,10H2,1-3H3.